The molecule has 0 atom stereocenters. The topological polar surface area (TPSA) is 64.6 Å². The minimum Gasteiger partial charge on any atom is -0.493 e. The number of methoxy groups -OCH3 is 2. The largest absolute Gasteiger partial charge is 0.493 e. The summed E-state index contributed by atoms with van der Waals surface area (Å²) in [5.41, 5.74) is 0.633. The smallest absolute Gasteiger partial charge is 0.262 e. The molecule has 0 heterocycles. The second-order valence-corrected chi connectivity index (χ2v) is 6.77. The van der Waals surface area contributed by atoms with Crippen LogP contribution in [0.3, 0.4) is 0 Å². The van der Waals surface area contributed by atoms with Crippen LogP contribution in [-0.4, -0.2) is 22.6 Å². The summed E-state index contributed by atoms with van der Waals surface area (Å²) in [6.07, 6.45) is 0. The van der Waals surface area contributed by atoms with E-state index in [0.717, 1.165) is 6.07 Å². The molecule has 0 aliphatic heterocycles. The van der Waals surface area contributed by atoms with Gasteiger partial charge in [0.25, 0.3) is 10.0 Å². The maximum Gasteiger partial charge on any atom is 0.262 e. The molecule has 2 aromatic rings. The first kappa shape index (κ1) is 17.4. The van der Waals surface area contributed by atoms with Crippen molar-refractivity contribution < 1.29 is 22.3 Å². The minimum atomic E-state index is -3.90. The van der Waals surface area contributed by atoms with Crippen molar-refractivity contribution in [3.05, 3.63) is 46.7 Å². The van der Waals surface area contributed by atoms with Gasteiger partial charge >= 0.3 is 0 Å². The lowest BCUT2D eigenvalue weighted by atomic mass is 10.2. The Labute approximate surface area is 139 Å². The lowest BCUT2D eigenvalue weighted by molar-refractivity contribution is 0.353. The fourth-order valence-corrected chi connectivity index (χ4v) is 3.49. The van der Waals surface area contributed by atoms with E-state index in [9.17, 15) is 12.8 Å². The monoisotopic (exact) mass is 359 g/mol. The average Bonchev–Trinajstić information content (AvgIpc) is 2.50. The highest BCUT2D eigenvalue weighted by Crippen LogP contribution is 2.33. The number of hydrogen-bond acceptors (Lipinski definition) is 4. The third-order valence-electron chi connectivity index (χ3n) is 3.14. The van der Waals surface area contributed by atoms with Gasteiger partial charge in [-0.2, -0.15) is 0 Å². The zero-order chi connectivity index (χ0) is 17.2. The van der Waals surface area contributed by atoms with Crippen LogP contribution in [0, 0.1) is 12.7 Å². The highest BCUT2D eigenvalue weighted by Gasteiger charge is 2.21. The van der Waals surface area contributed by atoms with E-state index in [1.165, 1.54) is 32.4 Å². The van der Waals surface area contributed by atoms with Crippen LogP contribution < -0.4 is 14.2 Å². The molecule has 0 aromatic heterocycles. The molecule has 8 heteroatoms. The van der Waals surface area contributed by atoms with E-state index in [4.69, 9.17) is 21.1 Å². The summed E-state index contributed by atoms with van der Waals surface area (Å²) in [5.74, 6) is 0.0845. The Balaban J connectivity index is 2.45. The predicted molar refractivity (Wildman–Crippen MR) is 86.5 cm³/mol. The molecule has 0 aliphatic rings. The maximum absolute atomic E-state index is 13.2. The summed E-state index contributed by atoms with van der Waals surface area (Å²) in [7, 11) is -1.02. The molecular weight excluding hydrogens is 345 g/mol. The summed E-state index contributed by atoms with van der Waals surface area (Å²) in [4.78, 5) is 0.0237. The number of hydrogen-bond donors (Lipinski definition) is 1. The molecule has 0 spiro atoms. The van der Waals surface area contributed by atoms with Crippen molar-refractivity contribution in [2.45, 2.75) is 11.8 Å². The molecule has 0 aliphatic carbocycles. The van der Waals surface area contributed by atoms with E-state index in [-0.39, 0.29) is 21.4 Å². The molecule has 0 radical (unpaired) electrons. The van der Waals surface area contributed by atoms with Crippen molar-refractivity contribution in [3.8, 4) is 11.5 Å². The Bertz CT molecular complexity index is 840. The standard InChI is InChI=1S/C15H15ClFNO4S/c1-9-6-13(21-2)14(22-3)8-15(9)23(19,20)18-10-4-5-12(17)11(16)7-10/h4-8,18H,1-3H3. The number of nitrogens with one attached hydrogen (secondary N) is 1. The highest BCUT2D eigenvalue weighted by atomic mass is 35.5. The number of aryl methyl sites for hydroxylation is 1. The summed E-state index contributed by atoms with van der Waals surface area (Å²) in [5, 5.41) is -0.172. The molecule has 2 aromatic carbocycles. The van der Waals surface area contributed by atoms with Gasteiger partial charge in [0.1, 0.15) is 5.82 Å². The van der Waals surface area contributed by atoms with Crippen molar-refractivity contribution in [2.24, 2.45) is 0 Å². The molecular formula is C15H15ClFNO4S. The van der Waals surface area contributed by atoms with E-state index < -0.39 is 15.8 Å². The first-order chi connectivity index (χ1) is 10.8. The van der Waals surface area contributed by atoms with Gasteiger partial charge in [-0.15, -0.1) is 0 Å². The fourth-order valence-electron chi connectivity index (χ4n) is 2.02. The van der Waals surface area contributed by atoms with Crippen molar-refractivity contribution >= 4 is 27.3 Å². The second-order valence-electron chi connectivity index (χ2n) is 4.71. The van der Waals surface area contributed by atoms with Gasteiger partial charge in [0.15, 0.2) is 11.5 Å². The van der Waals surface area contributed by atoms with Crippen LogP contribution in [0.15, 0.2) is 35.2 Å². The zero-order valence-electron chi connectivity index (χ0n) is 12.7. The minimum absolute atomic E-state index is 0.0237. The predicted octanol–water partition coefficient (Wildman–Crippen LogP) is 3.61. The fraction of sp³-hybridized carbons (Fsp3) is 0.200. The number of sulfonamides is 1. The Morgan fingerprint density at radius 2 is 1.70 bits per heavy atom. The first-order valence-electron chi connectivity index (χ1n) is 6.49. The molecule has 2 rings (SSSR count). The second kappa shape index (κ2) is 6.64. The van der Waals surface area contributed by atoms with Gasteiger partial charge < -0.3 is 9.47 Å². The van der Waals surface area contributed by atoms with Crippen LogP contribution in [0.25, 0.3) is 0 Å². The Kier molecular flexibility index (Phi) is 5.01. The summed E-state index contributed by atoms with van der Waals surface area (Å²) in [6.45, 7) is 1.63. The van der Waals surface area contributed by atoms with Crippen molar-refractivity contribution in [3.63, 3.8) is 0 Å². The molecule has 5 nitrogen and oxygen atoms in total. The number of ether oxygens (including phenoxy) is 2. The molecule has 124 valence electrons. The zero-order valence-corrected chi connectivity index (χ0v) is 14.3. The number of anilines is 1. The maximum atomic E-state index is 13.2. The van der Waals surface area contributed by atoms with Crippen LogP contribution in [0.1, 0.15) is 5.56 Å². The quantitative estimate of drug-likeness (QED) is 0.885. The lowest BCUT2D eigenvalue weighted by Crippen LogP contribution is -2.14. The number of benzene rings is 2. The normalized spacial score (nSPS) is 11.2. The Hall–Kier alpha value is -1.99. The summed E-state index contributed by atoms with van der Waals surface area (Å²) >= 11 is 5.66. The van der Waals surface area contributed by atoms with Crippen LogP contribution in [0.2, 0.25) is 5.02 Å². The third-order valence-corrected chi connectivity index (χ3v) is 4.96. The Morgan fingerprint density at radius 3 is 2.26 bits per heavy atom. The van der Waals surface area contributed by atoms with Crippen LogP contribution in [0.4, 0.5) is 10.1 Å². The van der Waals surface area contributed by atoms with Gasteiger partial charge in [0.05, 0.1) is 29.8 Å². The van der Waals surface area contributed by atoms with Crippen LogP contribution in [0.5, 0.6) is 11.5 Å². The molecule has 0 bridgehead atoms. The number of halogens is 2. The summed E-state index contributed by atoms with van der Waals surface area (Å²) < 4.78 is 50.9. The van der Waals surface area contributed by atoms with E-state index >= 15 is 0 Å². The van der Waals surface area contributed by atoms with Gasteiger partial charge in [0.2, 0.25) is 0 Å². The molecule has 0 fully saturated rings. The lowest BCUT2D eigenvalue weighted by Gasteiger charge is -2.14. The highest BCUT2D eigenvalue weighted by molar-refractivity contribution is 7.92. The molecule has 0 unspecified atom stereocenters. The molecule has 0 amide bonds. The molecule has 0 saturated heterocycles. The van der Waals surface area contributed by atoms with Gasteiger partial charge in [-0.1, -0.05) is 11.6 Å². The van der Waals surface area contributed by atoms with Gasteiger partial charge in [0, 0.05) is 6.07 Å². The van der Waals surface area contributed by atoms with Gasteiger partial charge in [-0.25, -0.2) is 12.8 Å². The molecule has 1 N–H and O–H groups in total. The third kappa shape index (κ3) is 3.68. The van der Waals surface area contributed by atoms with Crippen molar-refractivity contribution in [1.29, 1.82) is 0 Å². The SMILES string of the molecule is COc1cc(C)c(S(=O)(=O)Nc2ccc(F)c(Cl)c2)cc1OC. The average molecular weight is 360 g/mol. The first-order valence-corrected chi connectivity index (χ1v) is 8.35. The van der Waals surface area contributed by atoms with E-state index in [1.54, 1.807) is 13.0 Å². The summed E-state index contributed by atoms with van der Waals surface area (Å²) in [6, 6.07) is 6.49. The molecule has 0 saturated carbocycles. The van der Waals surface area contributed by atoms with E-state index in [1.807, 2.05) is 0 Å². The molecule has 23 heavy (non-hydrogen) atoms. The van der Waals surface area contributed by atoms with Crippen molar-refractivity contribution in [2.75, 3.05) is 18.9 Å². The van der Waals surface area contributed by atoms with Gasteiger partial charge in [-0.3, -0.25) is 4.72 Å². The van der Waals surface area contributed by atoms with Crippen LogP contribution >= 0.6 is 11.6 Å². The van der Waals surface area contributed by atoms with E-state index in [0.29, 0.717) is 11.3 Å². The van der Waals surface area contributed by atoms with Crippen molar-refractivity contribution in [1.82, 2.24) is 0 Å². The number of rotatable bonds is 5. The van der Waals surface area contributed by atoms with Crippen LogP contribution in [-0.2, 0) is 10.0 Å². The van der Waals surface area contributed by atoms with E-state index in [2.05, 4.69) is 4.72 Å². The van der Waals surface area contributed by atoms with Gasteiger partial charge in [-0.05, 0) is 36.8 Å². The Morgan fingerprint density at radius 1 is 1.09 bits per heavy atom.